The molecule has 110 valence electrons. The summed E-state index contributed by atoms with van der Waals surface area (Å²) in [7, 11) is 0. The van der Waals surface area contributed by atoms with E-state index in [4.69, 9.17) is 27.9 Å². The van der Waals surface area contributed by atoms with E-state index in [9.17, 15) is 0 Å². The summed E-state index contributed by atoms with van der Waals surface area (Å²) in [4.78, 5) is 0.0118. The molecule has 0 saturated carbocycles. The van der Waals surface area contributed by atoms with Crippen molar-refractivity contribution in [1.82, 2.24) is 0 Å². The first kappa shape index (κ1) is 15.2. The largest absolute Gasteiger partial charge is 0.487 e. The van der Waals surface area contributed by atoms with Gasteiger partial charge in [-0.05, 0) is 42.7 Å². The Hall–Kier alpha value is -0.700. The Morgan fingerprint density at radius 3 is 2.71 bits per heavy atom. The molecule has 3 rings (SSSR count). The standard InChI is InChI=1S/C17H15BrCl2O/c1-17(2)9-11-8-10(6-7-14(11)21-17)15(18)12-4-3-5-13(19)16(12)20/h3-8,15H,9H2,1-2H3. The van der Waals surface area contributed by atoms with Crippen molar-refractivity contribution in [2.45, 2.75) is 30.7 Å². The summed E-state index contributed by atoms with van der Waals surface area (Å²) in [5.74, 6) is 0.973. The number of hydrogen-bond acceptors (Lipinski definition) is 1. The number of hydrogen-bond donors (Lipinski definition) is 0. The molecule has 0 radical (unpaired) electrons. The summed E-state index contributed by atoms with van der Waals surface area (Å²) < 4.78 is 5.92. The maximum atomic E-state index is 6.31. The first-order valence-corrected chi connectivity index (χ1v) is 8.44. The van der Waals surface area contributed by atoms with Crippen molar-refractivity contribution in [3.63, 3.8) is 0 Å². The second kappa shape index (κ2) is 5.49. The van der Waals surface area contributed by atoms with Gasteiger partial charge in [0.05, 0.1) is 14.9 Å². The van der Waals surface area contributed by atoms with Gasteiger partial charge in [-0.3, -0.25) is 0 Å². The highest BCUT2D eigenvalue weighted by atomic mass is 79.9. The number of ether oxygens (including phenoxy) is 1. The lowest BCUT2D eigenvalue weighted by molar-refractivity contribution is 0.138. The highest BCUT2D eigenvalue weighted by Gasteiger charge is 2.30. The minimum absolute atomic E-state index is 0.0118. The Morgan fingerprint density at radius 1 is 1.19 bits per heavy atom. The number of halogens is 3. The van der Waals surface area contributed by atoms with Gasteiger partial charge in [-0.15, -0.1) is 0 Å². The van der Waals surface area contributed by atoms with Crippen LogP contribution >= 0.6 is 39.1 Å². The smallest absolute Gasteiger partial charge is 0.123 e. The number of benzene rings is 2. The van der Waals surface area contributed by atoms with E-state index >= 15 is 0 Å². The second-order valence-corrected chi connectivity index (χ2v) is 7.61. The molecule has 0 spiro atoms. The third-order valence-electron chi connectivity index (χ3n) is 3.63. The molecule has 0 aliphatic carbocycles. The van der Waals surface area contributed by atoms with E-state index in [0.717, 1.165) is 23.3 Å². The molecule has 21 heavy (non-hydrogen) atoms. The highest BCUT2D eigenvalue weighted by molar-refractivity contribution is 9.09. The predicted molar refractivity (Wildman–Crippen MR) is 92.1 cm³/mol. The number of alkyl halides is 1. The molecule has 4 heteroatoms. The average molecular weight is 386 g/mol. The molecule has 1 aliphatic rings. The van der Waals surface area contributed by atoms with Crippen molar-refractivity contribution < 1.29 is 4.74 Å². The lowest BCUT2D eigenvalue weighted by Crippen LogP contribution is -2.24. The van der Waals surface area contributed by atoms with Crippen molar-refractivity contribution in [2.75, 3.05) is 0 Å². The first-order valence-electron chi connectivity index (χ1n) is 6.77. The summed E-state index contributed by atoms with van der Waals surface area (Å²) in [6, 6.07) is 12.0. The van der Waals surface area contributed by atoms with Crippen molar-refractivity contribution in [3.8, 4) is 5.75 Å². The Morgan fingerprint density at radius 2 is 1.95 bits per heavy atom. The van der Waals surface area contributed by atoms with Crippen LogP contribution in [0.1, 0.15) is 35.4 Å². The summed E-state index contributed by atoms with van der Waals surface area (Å²) in [5, 5.41) is 1.17. The van der Waals surface area contributed by atoms with Crippen LogP contribution in [0.2, 0.25) is 10.0 Å². The summed E-state index contributed by atoms with van der Waals surface area (Å²) in [5.41, 5.74) is 3.23. The maximum absolute atomic E-state index is 6.31. The van der Waals surface area contributed by atoms with Crippen LogP contribution in [0.3, 0.4) is 0 Å². The van der Waals surface area contributed by atoms with E-state index in [1.54, 1.807) is 6.07 Å². The molecule has 1 aliphatic heterocycles. The van der Waals surface area contributed by atoms with Crippen LogP contribution in [0.25, 0.3) is 0 Å². The SMILES string of the molecule is CC1(C)Cc2cc(C(Br)c3cccc(Cl)c3Cl)ccc2O1. The third kappa shape index (κ3) is 2.94. The molecular weight excluding hydrogens is 371 g/mol. The summed E-state index contributed by atoms with van der Waals surface area (Å²) in [6.07, 6.45) is 0.916. The molecule has 1 heterocycles. The van der Waals surface area contributed by atoms with Gasteiger partial charge in [-0.2, -0.15) is 0 Å². The molecule has 1 atom stereocenters. The lowest BCUT2D eigenvalue weighted by Gasteiger charge is -2.16. The van der Waals surface area contributed by atoms with Crippen LogP contribution in [0.5, 0.6) is 5.75 Å². The lowest BCUT2D eigenvalue weighted by atomic mass is 9.97. The van der Waals surface area contributed by atoms with Gasteiger partial charge < -0.3 is 4.74 Å². The van der Waals surface area contributed by atoms with Crippen molar-refractivity contribution in [1.29, 1.82) is 0 Å². The average Bonchev–Trinajstić information content (AvgIpc) is 2.73. The van der Waals surface area contributed by atoms with E-state index in [1.165, 1.54) is 5.56 Å². The molecule has 1 unspecified atom stereocenters. The van der Waals surface area contributed by atoms with E-state index < -0.39 is 0 Å². The maximum Gasteiger partial charge on any atom is 0.123 e. The number of rotatable bonds is 2. The normalized spacial score (nSPS) is 17.2. The fraction of sp³-hybridized carbons (Fsp3) is 0.294. The fourth-order valence-electron chi connectivity index (χ4n) is 2.68. The molecule has 0 aromatic heterocycles. The molecular formula is C17H15BrCl2O. The molecule has 0 fully saturated rings. The van der Waals surface area contributed by atoms with Gasteiger partial charge in [0.1, 0.15) is 11.4 Å². The van der Waals surface area contributed by atoms with Crippen LogP contribution in [0.4, 0.5) is 0 Å². The van der Waals surface area contributed by atoms with Gasteiger partial charge in [0.2, 0.25) is 0 Å². The zero-order chi connectivity index (χ0) is 15.2. The molecule has 0 amide bonds. The van der Waals surface area contributed by atoms with Crippen molar-refractivity contribution >= 4 is 39.1 Å². The van der Waals surface area contributed by atoms with Crippen LogP contribution < -0.4 is 4.74 Å². The Bertz CT molecular complexity index is 697. The molecule has 0 bridgehead atoms. The van der Waals surface area contributed by atoms with Gasteiger partial charge in [0, 0.05) is 6.42 Å². The minimum Gasteiger partial charge on any atom is -0.487 e. The minimum atomic E-state index is -0.129. The van der Waals surface area contributed by atoms with Crippen molar-refractivity contribution in [2.24, 2.45) is 0 Å². The van der Waals surface area contributed by atoms with Gasteiger partial charge >= 0.3 is 0 Å². The predicted octanol–water partition coefficient (Wildman–Crippen LogP) is 6.19. The van der Waals surface area contributed by atoms with Crippen LogP contribution in [0, 0.1) is 0 Å². The quantitative estimate of drug-likeness (QED) is 0.560. The van der Waals surface area contributed by atoms with Crippen molar-refractivity contribution in [3.05, 3.63) is 63.1 Å². The monoisotopic (exact) mass is 384 g/mol. The van der Waals surface area contributed by atoms with E-state index in [0.29, 0.717) is 10.0 Å². The van der Waals surface area contributed by atoms with Gasteiger partial charge in [-0.1, -0.05) is 63.4 Å². The van der Waals surface area contributed by atoms with Gasteiger partial charge in [0.25, 0.3) is 0 Å². The van der Waals surface area contributed by atoms with E-state index in [2.05, 4.69) is 41.9 Å². The Labute approximate surface area is 143 Å². The van der Waals surface area contributed by atoms with Crippen LogP contribution in [-0.2, 0) is 6.42 Å². The highest BCUT2D eigenvalue weighted by Crippen LogP contribution is 2.41. The van der Waals surface area contributed by atoms with E-state index in [1.807, 2.05) is 18.2 Å². The van der Waals surface area contributed by atoms with Crippen LogP contribution in [-0.4, -0.2) is 5.60 Å². The zero-order valence-electron chi connectivity index (χ0n) is 11.8. The topological polar surface area (TPSA) is 9.23 Å². The first-order chi connectivity index (χ1) is 9.87. The molecule has 2 aromatic rings. The Balaban J connectivity index is 1.97. The van der Waals surface area contributed by atoms with E-state index in [-0.39, 0.29) is 10.4 Å². The summed E-state index contributed by atoms with van der Waals surface area (Å²) in [6.45, 7) is 4.21. The molecule has 2 aromatic carbocycles. The summed E-state index contributed by atoms with van der Waals surface area (Å²) >= 11 is 16.1. The third-order valence-corrected chi connectivity index (χ3v) is 5.49. The second-order valence-electron chi connectivity index (χ2n) is 5.91. The number of fused-ring (bicyclic) bond motifs is 1. The van der Waals surface area contributed by atoms with Gasteiger partial charge in [-0.25, -0.2) is 0 Å². The molecule has 0 saturated heterocycles. The zero-order valence-corrected chi connectivity index (χ0v) is 14.9. The Kier molecular flexibility index (Phi) is 3.98. The van der Waals surface area contributed by atoms with Crippen LogP contribution in [0.15, 0.2) is 36.4 Å². The molecule has 1 nitrogen and oxygen atoms in total. The fourth-order valence-corrected chi connectivity index (χ4v) is 3.90. The molecule has 0 N–H and O–H groups in total. The van der Waals surface area contributed by atoms with Gasteiger partial charge in [0.15, 0.2) is 0 Å².